The molecule has 0 aromatic carbocycles. The zero-order chi connectivity index (χ0) is 14.3. The van der Waals surface area contributed by atoms with Crippen molar-refractivity contribution < 1.29 is 0 Å². The van der Waals surface area contributed by atoms with Crippen LogP contribution in [-0.4, -0.2) is 16.7 Å². The minimum absolute atomic E-state index is 0.0555. The van der Waals surface area contributed by atoms with Crippen molar-refractivity contribution in [2.24, 2.45) is 17.3 Å². The molecule has 19 heavy (non-hydrogen) atoms. The van der Waals surface area contributed by atoms with Gasteiger partial charge in [0.25, 0.3) is 0 Å². The van der Waals surface area contributed by atoms with Gasteiger partial charge in [-0.05, 0) is 69.0 Å². The normalized spacial score (nSPS) is 30.5. The first-order valence-electron chi connectivity index (χ1n) is 7.73. The monoisotopic (exact) mass is 282 g/mol. The highest BCUT2D eigenvalue weighted by atomic mass is 32.1. The molecule has 110 valence electrons. The van der Waals surface area contributed by atoms with Crippen LogP contribution >= 0.6 is 12.2 Å². The lowest BCUT2D eigenvalue weighted by molar-refractivity contribution is 0.265. The van der Waals surface area contributed by atoms with E-state index in [2.05, 4.69) is 45.3 Å². The Kier molecular flexibility index (Phi) is 4.15. The Balaban J connectivity index is 1.81. The number of nitrogens with one attached hydrogen (secondary N) is 2. The largest absolute Gasteiger partial charge is 0.360 e. The molecule has 2 aliphatic rings. The molecule has 2 fully saturated rings. The van der Waals surface area contributed by atoms with Gasteiger partial charge in [-0.25, -0.2) is 0 Å². The fourth-order valence-electron chi connectivity index (χ4n) is 4.30. The van der Waals surface area contributed by atoms with Gasteiger partial charge in [-0.15, -0.1) is 0 Å². The molecule has 0 amide bonds. The predicted molar refractivity (Wildman–Crippen MR) is 86.3 cm³/mol. The molecule has 0 heterocycles. The molecule has 0 aliphatic heterocycles. The number of hydrogen-bond donors (Lipinski definition) is 2. The molecule has 0 aromatic rings. The molecule has 2 nitrogen and oxygen atoms in total. The summed E-state index contributed by atoms with van der Waals surface area (Å²) in [4.78, 5) is 0. The third kappa shape index (κ3) is 4.34. The van der Waals surface area contributed by atoms with Gasteiger partial charge in [-0.3, -0.25) is 0 Å². The van der Waals surface area contributed by atoms with Gasteiger partial charge in [0.2, 0.25) is 0 Å². The molecule has 3 heteroatoms. The zero-order valence-electron chi connectivity index (χ0n) is 13.2. The Hall–Kier alpha value is -0.310. The second-order valence-corrected chi connectivity index (χ2v) is 8.91. The average molecular weight is 282 g/mol. The highest BCUT2D eigenvalue weighted by Gasteiger charge is 2.40. The van der Waals surface area contributed by atoms with Crippen molar-refractivity contribution >= 4 is 17.3 Å². The third-order valence-corrected chi connectivity index (χ3v) is 4.70. The fraction of sp³-hybridized carbons (Fsp3) is 0.938. The molecule has 2 saturated carbocycles. The Bertz CT molecular complexity index is 343. The molecule has 2 bridgehead atoms. The first-order chi connectivity index (χ1) is 8.65. The van der Waals surface area contributed by atoms with E-state index < -0.39 is 0 Å². The molecule has 0 radical (unpaired) electrons. The van der Waals surface area contributed by atoms with Gasteiger partial charge in [0.05, 0.1) is 0 Å². The summed E-state index contributed by atoms with van der Waals surface area (Å²) in [7, 11) is 0. The highest BCUT2D eigenvalue weighted by molar-refractivity contribution is 7.80. The first kappa shape index (κ1) is 15.1. The second-order valence-electron chi connectivity index (χ2n) is 8.50. The van der Waals surface area contributed by atoms with Crippen LogP contribution in [0, 0.1) is 17.3 Å². The summed E-state index contributed by atoms with van der Waals surface area (Å²) in [5.74, 6) is 1.84. The molecule has 0 saturated heterocycles. The van der Waals surface area contributed by atoms with Gasteiger partial charge in [0.15, 0.2) is 5.11 Å². The van der Waals surface area contributed by atoms with Crippen molar-refractivity contribution in [3.8, 4) is 0 Å². The summed E-state index contributed by atoms with van der Waals surface area (Å²) in [6, 6.07) is 0.629. The zero-order valence-corrected chi connectivity index (χ0v) is 14.0. The number of thiocarbonyl (C=S) groups is 1. The molecule has 0 aromatic heterocycles. The Labute approximate surface area is 124 Å². The molecule has 2 rings (SSSR count). The summed E-state index contributed by atoms with van der Waals surface area (Å²) < 4.78 is 0. The maximum atomic E-state index is 5.52. The van der Waals surface area contributed by atoms with Crippen molar-refractivity contribution in [1.29, 1.82) is 0 Å². The van der Waals surface area contributed by atoms with E-state index in [9.17, 15) is 0 Å². The first-order valence-corrected chi connectivity index (χ1v) is 8.14. The standard InChI is InChI=1S/C16H30N2S/c1-15(2,3)10-16(4,5)18-14(19)17-13-9-11-6-7-12(13)8-11/h11-13H,6-10H2,1-5H3,(H2,17,18,19). The molecule has 0 spiro atoms. The van der Waals surface area contributed by atoms with Crippen molar-refractivity contribution in [3.05, 3.63) is 0 Å². The molecular formula is C16H30N2S. The topological polar surface area (TPSA) is 24.1 Å². The predicted octanol–water partition coefficient (Wildman–Crippen LogP) is 3.85. The van der Waals surface area contributed by atoms with E-state index in [1.54, 1.807) is 0 Å². The molecular weight excluding hydrogens is 252 g/mol. The van der Waals surface area contributed by atoms with Crippen LogP contribution in [0.4, 0.5) is 0 Å². The van der Waals surface area contributed by atoms with E-state index in [-0.39, 0.29) is 5.54 Å². The highest BCUT2D eigenvalue weighted by Crippen LogP contribution is 2.44. The maximum absolute atomic E-state index is 5.52. The maximum Gasteiger partial charge on any atom is 0.166 e. The van der Waals surface area contributed by atoms with Gasteiger partial charge in [-0.1, -0.05) is 27.2 Å². The minimum atomic E-state index is 0.0555. The van der Waals surface area contributed by atoms with Crippen molar-refractivity contribution in [1.82, 2.24) is 10.6 Å². The van der Waals surface area contributed by atoms with Crippen LogP contribution in [0.1, 0.15) is 66.7 Å². The average Bonchev–Trinajstić information content (AvgIpc) is 2.72. The lowest BCUT2D eigenvalue weighted by Gasteiger charge is -2.35. The molecule has 2 aliphatic carbocycles. The lowest BCUT2D eigenvalue weighted by atomic mass is 9.82. The smallest absolute Gasteiger partial charge is 0.166 e. The van der Waals surface area contributed by atoms with Crippen LogP contribution in [0.5, 0.6) is 0 Å². The SMILES string of the molecule is CC(C)(C)CC(C)(C)NC(=S)NC1CC2CCC1C2. The summed E-state index contributed by atoms with van der Waals surface area (Å²) in [6.07, 6.45) is 6.70. The Morgan fingerprint density at radius 3 is 2.26 bits per heavy atom. The van der Waals surface area contributed by atoms with Gasteiger partial charge in [-0.2, -0.15) is 0 Å². The van der Waals surface area contributed by atoms with Crippen molar-refractivity contribution in [3.63, 3.8) is 0 Å². The van der Waals surface area contributed by atoms with Gasteiger partial charge in [0.1, 0.15) is 0 Å². The van der Waals surface area contributed by atoms with E-state index in [1.165, 1.54) is 25.7 Å². The van der Waals surface area contributed by atoms with Gasteiger partial charge >= 0.3 is 0 Å². The van der Waals surface area contributed by atoms with Crippen LogP contribution in [0.15, 0.2) is 0 Å². The molecule has 2 N–H and O–H groups in total. The molecule has 3 atom stereocenters. The quantitative estimate of drug-likeness (QED) is 0.769. The van der Waals surface area contributed by atoms with Crippen LogP contribution in [-0.2, 0) is 0 Å². The van der Waals surface area contributed by atoms with E-state index in [0.717, 1.165) is 23.4 Å². The summed E-state index contributed by atoms with van der Waals surface area (Å²) in [6.45, 7) is 11.3. The second kappa shape index (κ2) is 5.23. The van der Waals surface area contributed by atoms with Gasteiger partial charge < -0.3 is 10.6 Å². The summed E-state index contributed by atoms with van der Waals surface area (Å²) in [5, 5.41) is 7.95. The fourth-order valence-corrected chi connectivity index (χ4v) is 4.73. The van der Waals surface area contributed by atoms with Gasteiger partial charge in [0, 0.05) is 11.6 Å². The minimum Gasteiger partial charge on any atom is -0.360 e. The van der Waals surface area contributed by atoms with Crippen LogP contribution in [0.25, 0.3) is 0 Å². The van der Waals surface area contributed by atoms with E-state index in [4.69, 9.17) is 12.2 Å². The van der Waals surface area contributed by atoms with E-state index in [0.29, 0.717) is 11.5 Å². The molecule has 3 unspecified atom stereocenters. The van der Waals surface area contributed by atoms with Crippen molar-refractivity contribution in [2.75, 3.05) is 0 Å². The van der Waals surface area contributed by atoms with Crippen LogP contribution in [0.3, 0.4) is 0 Å². The van der Waals surface area contributed by atoms with E-state index in [1.807, 2.05) is 0 Å². The Morgan fingerprint density at radius 1 is 1.11 bits per heavy atom. The Morgan fingerprint density at radius 2 is 1.79 bits per heavy atom. The van der Waals surface area contributed by atoms with Crippen LogP contribution < -0.4 is 10.6 Å². The third-order valence-electron chi connectivity index (χ3n) is 4.48. The summed E-state index contributed by atoms with van der Waals surface area (Å²) >= 11 is 5.52. The number of hydrogen-bond acceptors (Lipinski definition) is 1. The van der Waals surface area contributed by atoms with E-state index >= 15 is 0 Å². The number of rotatable bonds is 3. The number of fused-ring (bicyclic) bond motifs is 2. The van der Waals surface area contributed by atoms with Crippen LogP contribution in [0.2, 0.25) is 0 Å². The van der Waals surface area contributed by atoms with Crippen molar-refractivity contribution in [2.45, 2.75) is 78.3 Å². The lowest BCUT2D eigenvalue weighted by Crippen LogP contribution is -2.52. The summed E-state index contributed by atoms with van der Waals surface area (Å²) in [5.41, 5.74) is 0.374.